The molecule has 0 unspecified atom stereocenters. The van der Waals surface area contributed by atoms with E-state index in [1.54, 1.807) is 13.1 Å². The highest BCUT2D eigenvalue weighted by molar-refractivity contribution is 6.31. The molecule has 7 heteroatoms. The van der Waals surface area contributed by atoms with Crippen LogP contribution in [-0.2, 0) is 6.61 Å². The molecule has 0 spiro atoms. The zero-order valence-electron chi connectivity index (χ0n) is 9.52. The molecule has 0 radical (unpaired) electrons. The second kappa shape index (κ2) is 5.84. The van der Waals surface area contributed by atoms with Crippen LogP contribution in [0, 0.1) is 0 Å². The highest BCUT2D eigenvalue weighted by atomic mass is 35.5. The summed E-state index contributed by atoms with van der Waals surface area (Å²) in [6.07, 6.45) is 0. The fourth-order valence-electron chi connectivity index (χ4n) is 1.27. The fraction of sp³-hybridized carbons (Fsp3) is 0.182. The third-order valence-electron chi connectivity index (χ3n) is 2.13. The Bertz CT molecular complexity index is 550. The summed E-state index contributed by atoms with van der Waals surface area (Å²) in [6, 6.07) is 7.54. The van der Waals surface area contributed by atoms with E-state index in [1.807, 2.05) is 18.2 Å². The minimum Gasteiger partial charge on any atom is -0.458 e. The molecule has 0 atom stereocenters. The van der Waals surface area contributed by atoms with Gasteiger partial charge in [0.1, 0.15) is 6.61 Å². The minimum atomic E-state index is 0.0727. The van der Waals surface area contributed by atoms with E-state index < -0.39 is 0 Å². The quantitative estimate of drug-likeness (QED) is 0.936. The van der Waals surface area contributed by atoms with Crippen molar-refractivity contribution in [2.24, 2.45) is 0 Å². The highest BCUT2D eigenvalue weighted by Crippen LogP contribution is 2.17. The van der Waals surface area contributed by atoms with Crippen molar-refractivity contribution in [1.82, 2.24) is 15.0 Å². The molecule has 94 valence electrons. The van der Waals surface area contributed by atoms with Crippen molar-refractivity contribution >= 4 is 29.2 Å². The van der Waals surface area contributed by atoms with Gasteiger partial charge in [0.25, 0.3) is 0 Å². The van der Waals surface area contributed by atoms with Crippen molar-refractivity contribution in [3.8, 4) is 6.01 Å². The Labute approximate surface area is 114 Å². The third kappa shape index (κ3) is 3.21. The summed E-state index contributed by atoms with van der Waals surface area (Å²) in [7, 11) is 1.68. The zero-order valence-corrected chi connectivity index (χ0v) is 11.0. The summed E-state index contributed by atoms with van der Waals surface area (Å²) in [6.45, 7) is 0.267. The third-order valence-corrected chi connectivity index (χ3v) is 2.66. The molecule has 1 heterocycles. The Morgan fingerprint density at radius 2 is 1.94 bits per heavy atom. The average Bonchev–Trinajstić information content (AvgIpc) is 2.37. The zero-order chi connectivity index (χ0) is 13.0. The first-order chi connectivity index (χ1) is 8.69. The molecule has 2 rings (SSSR count). The Kier molecular flexibility index (Phi) is 4.17. The van der Waals surface area contributed by atoms with Crippen LogP contribution in [0.2, 0.25) is 10.3 Å². The molecular weight excluding hydrogens is 275 g/mol. The number of benzene rings is 1. The van der Waals surface area contributed by atoms with Crippen molar-refractivity contribution in [2.45, 2.75) is 6.61 Å². The van der Waals surface area contributed by atoms with Crippen LogP contribution in [0.25, 0.3) is 0 Å². The fourth-order valence-corrected chi connectivity index (χ4v) is 1.61. The molecule has 1 aromatic carbocycles. The predicted molar refractivity (Wildman–Crippen MR) is 70.2 cm³/mol. The van der Waals surface area contributed by atoms with Gasteiger partial charge in [0, 0.05) is 17.6 Å². The average molecular weight is 285 g/mol. The summed E-state index contributed by atoms with van der Waals surface area (Å²) in [5.41, 5.74) is 0.849. The van der Waals surface area contributed by atoms with Crippen LogP contribution in [0.4, 0.5) is 5.95 Å². The molecule has 0 amide bonds. The summed E-state index contributed by atoms with van der Waals surface area (Å²) in [4.78, 5) is 11.7. The lowest BCUT2D eigenvalue weighted by molar-refractivity contribution is 0.280. The van der Waals surface area contributed by atoms with E-state index in [2.05, 4.69) is 20.3 Å². The largest absolute Gasteiger partial charge is 0.458 e. The minimum absolute atomic E-state index is 0.0727. The molecule has 18 heavy (non-hydrogen) atoms. The van der Waals surface area contributed by atoms with E-state index in [4.69, 9.17) is 27.9 Å². The molecule has 0 saturated carbocycles. The standard InChI is InChI=1S/C11H10Cl2N4O/c1-14-10-15-9(13)16-11(17-10)18-6-7-4-2-3-5-8(7)12/h2-5H,6H2,1H3,(H,14,15,16,17). The molecular formula is C11H10Cl2N4O. The van der Waals surface area contributed by atoms with Crippen LogP contribution >= 0.6 is 23.2 Å². The van der Waals surface area contributed by atoms with E-state index >= 15 is 0 Å². The number of nitrogens with one attached hydrogen (secondary N) is 1. The number of anilines is 1. The van der Waals surface area contributed by atoms with Crippen LogP contribution in [0.5, 0.6) is 6.01 Å². The predicted octanol–water partition coefficient (Wildman–Crippen LogP) is 2.80. The van der Waals surface area contributed by atoms with Crippen molar-refractivity contribution in [2.75, 3.05) is 12.4 Å². The smallest absolute Gasteiger partial charge is 0.322 e. The summed E-state index contributed by atoms with van der Waals surface area (Å²) in [5.74, 6) is 0.351. The molecule has 0 aliphatic carbocycles. The number of hydrogen-bond acceptors (Lipinski definition) is 5. The maximum Gasteiger partial charge on any atom is 0.322 e. The Hall–Kier alpha value is -1.59. The molecule has 1 aromatic heterocycles. The summed E-state index contributed by atoms with van der Waals surface area (Å²) in [5, 5.41) is 3.47. The van der Waals surface area contributed by atoms with Crippen LogP contribution in [0.15, 0.2) is 24.3 Å². The van der Waals surface area contributed by atoms with Crippen molar-refractivity contribution in [3.63, 3.8) is 0 Å². The molecule has 2 aromatic rings. The van der Waals surface area contributed by atoms with Gasteiger partial charge < -0.3 is 10.1 Å². The van der Waals surface area contributed by atoms with Gasteiger partial charge in [0.2, 0.25) is 11.2 Å². The van der Waals surface area contributed by atoms with E-state index in [1.165, 1.54) is 0 Å². The van der Waals surface area contributed by atoms with Gasteiger partial charge >= 0.3 is 6.01 Å². The molecule has 0 aliphatic heterocycles. The van der Waals surface area contributed by atoms with Crippen molar-refractivity contribution in [1.29, 1.82) is 0 Å². The van der Waals surface area contributed by atoms with E-state index in [9.17, 15) is 0 Å². The maximum absolute atomic E-state index is 6.01. The second-order valence-corrected chi connectivity index (χ2v) is 4.09. The van der Waals surface area contributed by atoms with E-state index in [-0.39, 0.29) is 17.9 Å². The lowest BCUT2D eigenvalue weighted by atomic mass is 10.2. The number of aromatic nitrogens is 3. The van der Waals surface area contributed by atoms with Crippen LogP contribution in [0.1, 0.15) is 5.56 Å². The number of rotatable bonds is 4. The first-order valence-corrected chi connectivity index (χ1v) is 5.90. The second-order valence-electron chi connectivity index (χ2n) is 3.34. The van der Waals surface area contributed by atoms with Gasteiger partial charge in [0.15, 0.2) is 0 Å². The first-order valence-electron chi connectivity index (χ1n) is 5.14. The van der Waals surface area contributed by atoms with Crippen molar-refractivity contribution in [3.05, 3.63) is 40.1 Å². The molecule has 5 nitrogen and oxygen atoms in total. The Balaban J connectivity index is 2.11. The van der Waals surface area contributed by atoms with Crippen LogP contribution in [0.3, 0.4) is 0 Å². The van der Waals surface area contributed by atoms with Crippen LogP contribution < -0.4 is 10.1 Å². The van der Waals surface area contributed by atoms with Gasteiger partial charge in [0.05, 0.1) is 0 Å². The Morgan fingerprint density at radius 3 is 2.67 bits per heavy atom. The highest BCUT2D eigenvalue weighted by Gasteiger charge is 2.06. The lowest BCUT2D eigenvalue weighted by Crippen LogP contribution is -2.04. The number of nitrogens with zero attached hydrogens (tertiary/aromatic N) is 3. The Morgan fingerprint density at radius 1 is 1.17 bits per heavy atom. The summed E-state index contributed by atoms with van der Waals surface area (Å²) >= 11 is 11.7. The van der Waals surface area contributed by atoms with Crippen LogP contribution in [-0.4, -0.2) is 22.0 Å². The molecule has 0 bridgehead atoms. The SMILES string of the molecule is CNc1nc(Cl)nc(OCc2ccccc2Cl)n1. The lowest BCUT2D eigenvalue weighted by Gasteiger charge is -2.07. The molecule has 0 saturated heterocycles. The van der Waals surface area contributed by atoms with Gasteiger partial charge in [-0.2, -0.15) is 15.0 Å². The maximum atomic E-state index is 6.01. The summed E-state index contributed by atoms with van der Waals surface area (Å²) < 4.78 is 5.43. The van der Waals surface area contributed by atoms with E-state index in [0.29, 0.717) is 11.0 Å². The van der Waals surface area contributed by atoms with Gasteiger partial charge in [-0.3, -0.25) is 0 Å². The van der Waals surface area contributed by atoms with Gasteiger partial charge in [-0.25, -0.2) is 0 Å². The van der Waals surface area contributed by atoms with Crippen molar-refractivity contribution < 1.29 is 4.74 Å². The normalized spacial score (nSPS) is 10.2. The monoisotopic (exact) mass is 284 g/mol. The number of ether oxygens (including phenoxy) is 1. The van der Waals surface area contributed by atoms with Gasteiger partial charge in [-0.05, 0) is 17.7 Å². The van der Waals surface area contributed by atoms with Gasteiger partial charge in [-0.15, -0.1) is 0 Å². The topological polar surface area (TPSA) is 59.9 Å². The molecule has 0 fully saturated rings. The van der Waals surface area contributed by atoms with Gasteiger partial charge in [-0.1, -0.05) is 29.8 Å². The first kappa shape index (κ1) is 12.9. The van der Waals surface area contributed by atoms with E-state index in [0.717, 1.165) is 5.56 Å². The molecule has 1 N–H and O–H groups in total. The number of hydrogen-bond donors (Lipinski definition) is 1. The number of halogens is 2. The molecule has 0 aliphatic rings.